The van der Waals surface area contributed by atoms with Crippen molar-refractivity contribution in [2.24, 2.45) is 0 Å². The maximum Gasteiger partial charge on any atom is 0.228 e. The highest BCUT2D eigenvalue weighted by atomic mass is 32.1. The van der Waals surface area contributed by atoms with E-state index in [4.69, 9.17) is 4.42 Å². The molecule has 5 nitrogen and oxygen atoms in total. The van der Waals surface area contributed by atoms with Crippen LogP contribution in [0.1, 0.15) is 25.3 Å². The summed E-state index contributed by atoms with van der Waals surface area (Å²) in [6.07, 6.45) is 0.354. The fourth-order valence-corrected chi connectivity index (χ4v) is 3.50. The van der Waals surface area contributed by atoms with Gasteiger partial charge in [0.05, 0.1) is 12.1 Å². The lowest BCUT2D eigenvalue weighted by molar-refractivity contribution is -0.134. The van der Waals surface area contributed by atoms with E-state index in [1.54, 1.807) is 0 Å². The van der Waals surface area contributed by atoms with E-state index in [1.807, 2.05) is 29.3 Å². The summed E-state index contributed by atoms with van der Waals surface area (Å²) in [5.74, 6) is 1.78. The second-order valence-corrected chi connectivity index (χ2v) is 6.66. The number of amides is 1. The van der Waals surface area contributed by atoms with E-state index in [0.717, 1.165) is 35.3 Å². The molecule has 118 valence electrons. The van der Waals surface area contributed by atoms with E-state index in [1.165, 1.54) is 11.3 Å². The van der Waals surface area contributed by atoms with Crippen molar-refractivity contribution < 1.29 is 9.21 Å². The zero-order valence-corrected chi connectivity index (χ0v) is 13.9. The van der Waals surface area contributed by atoms with Crippen molar-refractivity contribution in [3.05, 3.63) is 29.0 Å². The SMILES string of the molecule is Cc1ccc(-c2nc(CC(=O)N3CCNC(C)C3C)cs2)o1. The number of hydrogen-bond donors (Lipinski definition) is 1. The van der Waals surface area contributed by atoms with Crippen LogP contribution in [-0.2, 0) is 11.2 Å². The number of piperazine rings is 1. The molecule has 2 aromatic rings. The van der Waals surface area contributed by atoms with Gasteiger partial charge in [-0.25, -0.2) is 4.98 Å². The van der Waals surface area contributed by atoms with E-state index in [0.29, 0.717) is 12.5 Å². The highest BCUT2D eigenvalue weighted by Gasteiger charge is 2.28. The Hall–Kier alpha value is -1.66. The van der Waals surface area contributed by atoms with E-state index < -0.39 is 0 Å². The van der Waals surface area contributed by atoms with Crippen LogP contribution in [0.25, 0.3) is 10.8 Å². The topological polar surface area (TPSA) is 58.4 Å². The van der Waals surface area contributed by atoms with Crippen LogP contribution in [-0.4, -0.2) is 41.0 Å². The molecule has 6 heteroatoms. The zero-order valence-electron chi connectivity index (χ0n) is 13.1. The summed E-state index contributed by atoms with van der Waals surface area (Å²) in [5, 5.41) is 6.17. The Morgan fingerprint density at radius 3 is 3.05 bits per heavy atom. The maximum absolute atomic E-state index is 12.5. The largest absolute Gasteiger partial charge is 0.459 e. The van der Waals surface area contributed by atoms with Crippen LogP contribution in [0.2, 0.25) is 0 Å². The Labute approximate surface area is 134 Å². The standard InChI is InChI=1S/C16H21N3O2S/c1-10-4-5-14(21-10)16-18-13(9-22-16)8-15(20)19-7-6-17-11(2)12(19)3/h4-5,9,11-12,17H,6-8H2,1-3H3. The van der Waals surface area contributed by atoms with Crippen molar-refractivity contribution in [2.75, 3.05) is 13.1 Å². The Kier molecular flexibility index (Phi) is 4.31. The smallest absolute Gasteiger partial charge is 0.228 e. The van der Waals surface area contributed by atoms with Crippen LogP contribution in [0, 0.1) is 6.92 Å². The van der Waals surface area contributed by atoms with Crippen LogP contribution in [0.15, 0.2) is 21.9 Å². The molecule has 0 radical (unpaired) electrons. The average Bonchev–Trinajstić information content (AvgIpc) is 3.10. The van der Waals surface area contributed by atoms with Crippen molar-refractivity contribution in [2.45, 2.75) is 39.3 Å². The third kappa shape index (κ3) is 3.08. The van der Waals surface area contributed by atoms with Gasteiger partial charge in [-0.1, -0.05) is 0 Å². The van der Waals surface area contributed by atoms with Gasteiger partial charge in [0.15, 0.2) is 10.8 Å². The first-order chi connectivity index (χ1) is 10.5. The number of nitrogens with zero attached hydrogens (tertiary/aromatic N) is 2. The summed E-state index contributed by atoms with van der Waals surface area (Å²) >= 11 is 1.52. The van der Waals surface area contributed by atoms with Gasteiger partial charge in [0.1, 0.15) is 5.76 Å². The zero-order chi connectivity index (χ0) is 15.7. The number of hydrogen-bond acceptors (Lipinski definition) is 5. The van der Waals surface area contributed by atoms with E-state index in [2.05, 4.69) is 24.1 Å². The van der Waals surface area contributed by atoms with Crippen molar-refractivity contribution in [3.63, 3.8) is 0 Å². The average molecular weight is 319 g/mol. The molecule has 0 aliphatic carbocycles. The molecule has 22 heavy (non-hydrogen) atoms. The number of rotatable bonds is 3. The van der Waals surface area contributed by atoms with E-state index in [-0.39, 0.29) is 11.9 Å². The van der Waals surface area contributed by atoms with Crippen molar-refractivity contribution in [1.29, 1.82) is 0 Å². The number of aryl methyl sites for hydroxylation is 1. The van der Waals surface area contributed by atoms with E-state index in [9.17, 15) is 4.79 Å². The number of carbonyl (C=O) groups excluding carboxylic acids is 1. The first-order valence-corrected chi connectivity index (χ1v) is 8.46. The Morgan fingerprint density at radius 2 is 2.32 bits per heavy atom. The van der Waals surface area contributed by atoms with Gasteiger partial charge in [0, 0.05) is 30.6 Å². The molecule has 2 unspecified atom stereocenters. The second-order valence-electron chi connectivity index (χ2n) is 5.80. The van der Waals surface area contributed by atoms with Gasteiger partial charge in [0.2, 0.25) is 5.91 Å². The summed E-state index contributed by atoms with van der Waals surface area (Å²) in [5.41, 5.74) is 0.817. The summed E-state index contributed by atoms with van der Waals surface area (Å²) in [6.45, 7) is 7.73. The summed E-state index contributed by atoms with van der Waals surface area (Å²) in [6, 6.07) is 4.38. The molecular weight excluding hydrogens is 298 g/mol. The van der Waals surface area contributed by atoms with Gasteiger partial charge in [-0.3, -0.25) is 4.79 Å². The third-order valence-electron chi connectivity index (χ3n) is 4.19. The second kappa shape index (κ2) is 6.22. The fraction of sp³-hybridized carbons (Fsp3) is 0.500. The monoisotopic (exact) mass is 319 g/mol. The van der Waals surface area contributed by atoms with Crippen molar-refractivity contribution in [3.8, 4) is 10.8 Å². The van der Waals surface area contributed by atoms with Crippen molar-refractivity contribution >= 4 is 17.2 Å². The quantitative estimate of drug-likeness (QED) is 0.944. The van der Waals surface area contributed by atoms with Crippen molar-refractivity contribution in [1.82, 2.24) is 15.2 Å². The third-order valence-corrected chi connectivity index (χ3v) is 5.10. The molecule has 1 fully saturated rings. The Morgan fingerprint density at radius 1 is 1.50 bits per heavy atom. The van der Waals surface area contributed by atoms with Gasteiger partial charge in [-0.15, -0.1) is 11.3 Å². The molecule has 3 rings (SSSR count). The predicted molar refractivity (Wildman–Crippen MR) is 86.9 cm³/mol. The summed E-state index contributed by atoms with van der Waals surface area (Å²) in [4.78, 5) is 19.0. The fourth-order valence-electron chi connectivity index (χ4n) is 2.72. The lowest BCUT2D eigenvalue weighted by atomic mass is 10.1. The minimum Gasteiger partial charge on any atom is -0.459 e. The molecular formula is C16H21N3O2S. The highest BCUT2D eigenvalue weighted by Crippen LogP contribution is 2.26. The van der Waals surface area contributed by atoms with Crippen LogP contribution >= 0.6 is 11.3 Å². The number of carbonyl (C=O) groups is 1. The van der Waals surface area contributed by atoms with Gasteiger partial charge in [0.25, 0.3) is 0 Å². The molecule has 1 amide bonds. The lowest BCUT2D eigenvalue weighted by Gasteiger charge is -2.38. The first kappa shape index (κ1) is 15.2. The molecule has 2 atom stereocenters. The summed E-state index contributed by atoms with van der Waals surface area (Å²) in [7, 11) is 0. The highest BCUT2D eigenvalue weighted by molar-refractivity contribution is 7.13. The molecule has 1 aliphatic heterocycles. The van der Waals surface area contributed by atoms with Crippen LogP contribution in [0.5, 0.6) is 0 Å². The lowest BCUT2D eigenvalue weighted by Crippen LogP contribution is -2.57. The van der Waals surface area contributed by atoms with Crippen LogP contribution in [0.3, 0.4) is 0 Å². The predicted octanol–water partition coefficient (Wildman–Crippen LogP) is 2.46. The molecule has 0 spiro atoms. The minimum atomic E-state index is 0.147. The number of aromatic nitrogens is 1. The normalized spacial score (nSPS) is 22.0. The Balaban J connectivity index is 1.68. The van der Waals surface area contributed by atoms with Gasteiger partial charge < -0.3 is 14.6 Å². The van der Waals surface area contributed by atoms with Crippen LogP contribution < -0.4 is 5.32 Å². The minimum absolute atomic E-state index is 0.147. The number of nitrogens with one attached hydrogen (secondary N) is 1. The molecule has 3 heterocycles. The molecule has 0 saturated carbocycles. The summed E-state index contributed by atoms with van der Waals surface area (Å²) < 4.78 is 5.58. The maximum atomic E-state index is 12.5. The Bertz CT molecular complexity index is 664. The van der Waals surface area contributed by atoms with Gasteiger partial charge in [-0.2, -0.15) is 0 Å². The molecule has 1 saturated heterocycles. The number of thiazole rings is 1. The van der Waals surface area contributed by atoms with Gasteiger partial charge in [-0.05, 0) is 32.9 Å². The molecule has 2 aromatic heterocycles. The number of furan rings is 1. The molecule has 1 N–H and O–H groups in total. The van der Waals surface area contributed by atoms with E-state index >= 15 is 0 Å². The molecule has 0 bridgehead atoms. The van der Waals surface area contributed by atoms with Crippen LogP contribution in [0.4, 0.5) is 0 Å². The van der Waals surface area contributed by atoms with Gasteiger partial charge >= 0.3 is 0 Å². The first-order valence-electron chi connectivity index (χ1n) is 7.58. The molecule has 1 aliphatic rings. The molecule has 0 aromatic carbocycles.